The molecule has 30 heavy (non-hydrogen) atoms. The molecule has 8 heteroatoms. The van der Waals surface area contributed by atoms with Crippen LogP contribution in [0.1, 0.15) is 28.6 Å². The number of nitrogens with one attached hydrogen (secondary N) is 2. The molecule has 0 unspecified atom stereocenters. The molecule has 5 N–H and O–H groups in total. The van der Waals surface area contributed by atoms with Gasteiger partial charge < -0.3 is 20.5 Å². The third-order valence-corrected chi connectivity index (χ3v) is 5.71. The van der Waals surface area contributed by atoms with Crippen LogP contribution in [0.4, 0.5) is 5.69 Å². The minimum Gasteiger partial charge on any atom is -0.410 e. The number of anilines is 1. The third-order valence-electron chi connectivity index (χ3n) is 4.90. The molecule has 7 nitrogen and oxygen atoms in total. The summed E-state index contributed by atoms with van der Waals surface area (Å²) in [6.45, 7) is 4.00. The molecule has 0 bridgehead atoms. The highest BCUT2D eigenvalue weighted by molar-refractivity contribution is 7.99. The van der Waals surface area contributed by atoms with Gasteiger partial charge in [-0.3, -0.25) is 4.79 Å². The minimum absolute atomic E-state index is 0.114. The summed E-state index contributed by atoms with van der Waals surface area (Å²) >= 11 is 1.22. The summed E-state index contributed by atoms with van der Waals surface area (Å²) in [6.07, 6.45) is 2.68. The fraction of sp³-hybridized carbons (Fsp3) is 0.227. The number of fused-ring (bicyclic) bond motifs is 1. The van der Waals surface area contributed by atoms with Gasteiger partial charge in [-0.15, -0.1) is 10.2 Å². The molecule has 0 spiro atoms. The molecule has 154 valence electrons. The van der Waals surface area contributed by atoms with Crippen molar-refractivity contribution in [2.45, 2.75) is 31.5 Å². The van der Waals surface area contributed by atoms with E-state index in [0.717, 1.165) is 27.9 Å². The molecular weight excluding hydrogens is 398 g/mol. The van der Waals surface area contributed by atoms with E-state index in [1.54, 1.807) is 0 Å². The topological polar surface area (TPSA) is 111 Å². The number of hydrogen-bond donors (Lipinski definition) is 3. The molecule has 0 aliphatic rings. The van der Waals surface area contributed by atoms with Crippen LogP contribution in [-0.2, 0) is 11.2 Å². The van der Waals surface area contributed by atoms with Crippen LogP contribution in [0.25, 0.3) is 10.9 Å². The van der Waals surface area contributed by atoms with Crippen LogP contribution in [-0.4, -0.2) is 26.8 Å². The predicted molar refractivity (Wildman–Crippen MR) is 117 cm³/mol. The van der Waals surface area contributed by atoms with Crippen molar-refractivity contribution in [3.63, 3.8) is 0 Å². The molecule has 0 fully saturated rings. The number of quaternary nitrogens is 1. The number of aryl methyl sites for hydroxylation is 2. The normalized spacial score (nSPS) is 12.2. The first-order valence-corrected chi connectivity index (χ1v) is 10.7. The Hall–Kier alpha value is -3.10. The summed E-state index contributed by atoms with van der Waals surface area (Å²) in [4.78, 5) is 15.5. The summed E-state index contributed by atoms with van der Waals surface area (Å²) in [5.74, 6) is 0.549. The number of benzene rings is 2. The molecule has 1 atom stereocenters. The highest BCUT2D eigenvalue weighted by atomic mass is 32.2. The molecule has 0 saturated carbocycles. The molecule has 0 aliphatic carbocycles. The average molecular weight is 423 g/mol. The molecule has 1 amide bonds. The van der Waals surface area contributed by atoms with Crippen LogP contribution >= 0.6 is 11.8 Å². The number of hydrogen-bond acceptors (Lipinski definition) is 5. The number of thioether (sulfide) groups is 1. The lowest BCUT2D eigenvalue weighted by Gasteiger charge is -2.08. The van der Waals surface area contributed by atoms with Crippen LogP contribution in [0.3, 0.4) is 0 Å². The quantitative estimate of drug-likeness (QED) is 0.395. The Morgan fingerprint density at radius 2 is 2.07 bits per heavy atom. The van der Waals surface area contributed by atoms with Crippen molar-refractivity contribution in [3.8, 4) is 0 Å². The van der Waals surface area contributed by atoms with E-state index in [2.05, 4.69) is 32.3 Å². The minimum atomic E-state index is -0.171. The molecular formula is C22H24N5O2S+. The molecule has 0 radical (unpaired) electrons. The average Bonchev–Trinajstić information content (AvgIpc) is 3.36. The SMILES string of the molecule is Cc1ccc(NC(=O)CSc2nnc([C@@H]([NH3+])Cc3c[nH]c4ccccc34)o2)c(C)c1. The Kier molecular flexibility index (Phi) is 5.87. The monoisotopic (exact) mass is 422 g/mol. The maximum atomic E-state index is 12.3. The number of nitrogens with zero attached hydrogens (tertiary/aromatic N) is 2. The second-order valence-electron chi connectivity index (χ2n) is 7.32. The van der Waals surface area contributed by atoms with Gasteiger partial charge in [0.25, 0.3) is 11.1 Å². The van der Waals surface area contributed by atoms with Crippen LogP contribution < -0.4 is 11.1 Å². The van der Waals surface area contributed by atoms with Crippen molar-refractivity contribution >= 4 is 34.3 Å². The number of aromatic nitrogens is 3. The molecule has 2 aromatic carbocycles. The van der Waals surface area contributed by atoms with Crippen molar-refractivity contribution in [2.24, 2.45) is 0 Å². The van der Waals surface area contributed by atoms with Gasteiger partial charge in [-0.05, 0) is 37.1 Å². The Morgan fingerprint density at radius 3 is 2.90 bits per heavy atom. The van der Waals surface area contributed by atoms with Crippen molar-refractivity contribution in [1.29, 1.82) is 0 Å². The van der Waals surface area contributed by atoms with Crippen molar-refractivity contribution in [1.82, 2.24) is 15.2 Å². The Labute approximate surface area is 178 Å². The van der Waals surface area contributed by atoms with Gasteiger partial charge in [0, 0.05) is 29.2 Å². The molecule has 4 rings (SSSR count). The predicted octanol–water partition coefficient (Wildman–Crippen LogP) is 3.42. The number of H-pyrrole nitrogens is 1. The number of carbonyl (C=O) groups excluding carboxylic acids is 1. The Morgan fingerprint density at radius 1 is 1.23 bits per heavy atom. The van der Waals surface area contributed by atoms with E-state index in [9.17, 15) is 4.79 Å². The van der Waals surface area contributed by atoms with E-state index in [-0.39, 0.29) is 17.7 Å². The summed E-state index contributed by atoms with van der Waals surface area (Å²) in [5.41, 5.74) is 9.43. The van der Waals surface area contributed by atoms with Crippen LogP contribution in [0.2, 0.25) is 0 Å². The molecule has 0 saturated heterocycles. The maximum Gasteiger partial charge on any atom is 0.277 e. The highest BCUT2D eigenvalue weighted by Crippen LogP contribution is 2.24. The van der Waals surface area contributed by atoms with Crippen LogP contribution in [0.15, 0.2) is 58.3 Å². The van der Waals surface area contributed by atoms with Crippen molar-refractivity contribution < 1.29 is 14.9 Å². The summed E-state index contributed by atoms with van der Waals surface area (Å²) < 4.78 is 5.73. The zero-order valence-corrected chi connectivity index (χ0v) is 17.8. The van der Waals surface area contributed by atoms with E-state index in [4.69, 9.17) is 4.42 Å². The first-order chi connectivity index (χ1) is 14.5. The molecule has 2 aromatic heterocycles. The Bertz CT molecular complexity index is 1180. The summed E-state index contributed by atoms with van der Waals surface area (Å²) in [7, 11) is 0. The molecule has 0 aliphatic heterocycles. The molecule has 2 heterocycles. The second-order valence-corrected chi connectivity index (χ2v) is 8.25. The standard InChI is InChI=1S/C22H23N5O2S/c1-13-7-8-18(14(2)9-13)25-20(28)12-30-22-27-26-21(29-22)17(23)10-15-11-24-19-6-4-3-5-16(15)19/h3-9,11,17,24H,10,12,23H2,1-2H3,(H,25,28)/p+1/t17-/m0/s1. The number of aromatic amines is 1. The lowest BCUT2D eigenvalue weighted by Crippen LogP contribution is -2.54. The third kappa shape index (κ3) is 4.55. The number of carbonyl (C=O) groups is 1. The van der Waals surface area contributed by atoms with Gasteiger partial charge in [0.15, 0.2) is 6.04 Å². The first kappa shape index (κ1) is 20.2. The number of amides is 1. The van der Waals surface area contributed by atoms with Gasteiger partial charge in [0.05, 0.1) is 5.75 Å². The van der Waals surface area contributed by atoms with Crippen molar-refractivity contribution in [2.75, 3.05) is 11.1 Å². The van der Waals surface area contributed by atoms with Crippen LogP contribution in [0.5, 0.6) is 0 Å². The zero-order chi connectivity index (χ0) is 21.1. The van der Waals surface area contributed by atoms with Crippen molar-refractivity contribution in [3.05, 3.63) is 71.2 Å². The largest absolute Gasteiger partial charge is 0.410 e. The first-order valence-electron chi connectivity index (χ1n) is 9.71. The maximum absolute atomic E-state index is 12.3. The van der Waals surface area contributed by atoms with E-state index in [0.29, 0.717) is 17.5 Å². The van der Waals surface area contributed by atoms with Gasteiger partial charge in [-0.1, -0.05) is 47.7 Å². The fourth-order valence-corrected chi connectivity index (χ4v) is 3.93. The van der Waals surface area contributed by atoms with Gasteiger partial charge in [-0.25, -0.2) is 0 Å². The summed E-state index contributed by atoms with van der Waals surface area (Å²) in [6, 6.07) is 13.9. The van der Waals surface area contributed by atoms with E-state index in [1.165, 1.54) is 17.1 Å². The van der Waals surface area contributed by atoms with E-state index in [1.807, 2.05) is 56.4 Å². The molecule has 4 aromatic rings. The zero-order valence-electron chi connectivity index (χ0n) is 16.9. The van der Waals surface area contributed by atoms with Gasteiger partial charge in [0.1, 0.15) is 0 Å². The lowest BCUT2D eigenvalue weighted by molar-refractivity contribution is -0.431. The fourth-order valence-electron chi connectivity index (χ4n) is 3.36. The van der Waals surface area contributed by atoms with Crippen LogP contribution in [0, 0.1) is 13.8 Å². The Balaban J connectivity index is 1.34. The highest BCUT2D eigenvalue weighted by Gasteiger charge is 2.20. The van der Waals surface area contributed by atoms with Gasteiger partial charge in [0.2, 0.25) is 5.91 Å². The van der Waals surface area contributed by atoms with E-state index >= 15 is 0 Å². The lowest BCUT2D eigenvalue weighted by atomic mass is 10.1. The summed E-state index contributed by atoms with van der Waals surface area (Å²) in [5, 5.41) is 12.6. The number of para-hydroxylation sites is 1. The van der Waals surface area contributed by atoms with E-state index < -0.39 is 0 Å². The second kappa shape index (κ2) is 8.73. The van der Waals surface area contributed by atoms with Gasteiger partial charge >= 0.3 is 0 Å². The van der Waals surface area contributed by atoms with Gasteiger partial charge in [-0.2, -0.15) is 0 Å². The number of rotatable bonds is 7. The smallest absolute Gasteiger partial charge is 0.277 e.